The van der Waals surface area contributed by atoms with E-state index in [1.807, 2.05) is 6.07 Å². The van der Waals surface area contributed by atoms with Crippen LogP contribution in [0.1, 0.15) is 11.1 Å². The van der Waals surface area contributed by atoms with Gasteiger partial charge < -0.3 is 4.74 Å². The number of ether oxygens (including phenoxy) is 1. The van der Waals surface area contributed by atoms with Crippen LogP contribution >= 0.6 is 0 Å². The van der Waals surface area contributed by atoms with Crippen molar-refractivity contribution in [3.8, 4) is 17.9 Å². The fraction of sp³-hybridized carbons (Fsp3) is 0.273. The van der Waals surface area contributed by atoms with Crippen LogP contribution in [0.25, 0.3) is 0 Å². The largest absolute Gasteiger partial charge is 0.573 e. The molecule has 0 aliphatic rings. The van der Waals surface area contributed by atoms with E-state index in [-0.39, 0.29) is 18.4 Å². The summed E-state index contributed by atoms with van der Waals surface area (Å²) in [5.41, 5.74) is 0.556. The van der Waals surface area contributed by atoms with E-state index in [0.717, 1.165) is 6.07 Å². The van der Waals surface area contributed by atoms with Gasteiger partial charge in [0.2, 0.25) is 0 Å². The minimum atomic E-state index is -4.81. The predicted octanol–water partition coefficient (Wildman–Crippen LogP) is 2.72. The average Bonchev–Trinajstić information content (AvgIpc) is 2.20. The fourth-order valence-corrected chi connectivity index (χ4v) is 1.25. The summed E-state index contributed by atoms with van der Waals surface area (Å²) < 4.78 is 40.1. The maximum absolute atomic E-state index is 12.1. The second-order valence-electron chi connectivity index (χ2n) is 3.16. The lowest BCUT2D eigenvalue weighted by Crippen LogP contribution is -2.18. The Labute approximate surface area is 95.7 Å². The zero-order valence-electron chi connectivity index (χ0n) is 8.58. The molecule has 0 amide bonds. The molecule has 0 radical (unpaired) electrons. The summed E-state index contributed by atoms with van der Waals surface area (Å²) in [4.78, 5) is 0. The van der Waals surface area contributed by atoms with Crippen LogP contribution in [0.3, 0.4) is 0 Å². The molecule has 88 valence electrons. The standard InChI is InChI=1S/C11H7F3N2O/c12-11(13,14)17-10-7-8(3-5-15)1-2-9(10)4-6-16/h1-2,7H,3-4H2. The topological polar surface area (TPSA) is 56.8 Å². The quantitative estimate of drug-likeness (QED) is 0.816. The van der Waals surface area contributed by atoms with Crippen molar-refractivity contribution in [1.29, 1.82) is 10.5 Å². The monoisotopic (exact) mass is 240 g/mol. The molecule has 3 nitrogen and oxygen atoms in total. The van der Waals surface area contributed by atoms with E-state index in [1.165, 1.54) is 12.1 Å². The van der Waals surface area contributed by atoms with Crippen molar-refractivity contribution in [3.05, 3.63) is 29.3 Å². The van der Waals surface area contributed by atoms with Gasteiger partial charge in [-0.25, -0.2) is 0 Å². The summed E-state index contributed by atoms with van der Waals surface area (Å²) in [6, 6.07) is 7.56. The summed E-state index contributed by atoms with van der Waals surface area (Å²) in [5.74, 6) is -0.424. The van der Waals surface area contributed by atoms with E-state index in [4.69, 9.17) is 10.5 Å². The number of halogens is 3. The molecule has 17 heavy (non-hydrogen) atoms. The van der Waals surface area contributed by atoms with Crippen LogP contribution in [0.15, 0.2) is 18.2 Å². The number of benzene rings is 1. The van der Waals surface area contributed by atoms with Gasteiger partial charge in [0, 0.05) is 5.56 Å². The molecule has 0 aliphatic carbocycles. The maximum atomic E-state index is 12.1. The van der Waals surface area contributed by atoms with Crippen molar-refractivity contribution in [1.82, 2.24) is 0 Å². The predicted molar refractivity (Wildman–Crippen MR) is 51.8 cm³/mol. The molecule has 0 aromatic heterocycles. The second-order valence-corrected chi connectivity index (χ2v) is 3.16. The van der Waals surface area contributed by atoms with E-state index in [1.54, 1.807) is 6.07 Å². The SMILES string of the molecule is N#CCc1ccc(CC#N)c(OC(F)(F)F)c1. The first-order chi connectivity index (χ1) is 7.96. The van der Waals surface area contributed by atoms with Gasteiger partial charge in [-0.3, -0.25) is 0 Å². The maximum Gasteiger partial charge on any atom is 0.573 e. The van der Waals surface area contributed by atoms with Gasteiger partial charge in [0.25, 0.3) is 0 Å². The van der Waals surface area contributed by atoms with Gasteiger partial charge in [-0.2, -0.15) is 10.5 Å². The summed E-state index contributed by atoms with van der Waals surface area (Å²) in [5, 5.41) is 16.9. The van der Waals surface area contributed by atoms with Crippen LogP contribution in [0.5, 0.6) is 5.75 Å². The Kier molecular flexibility index (Phi) is 3.95. The van der Waals surface area contributed by atoms with Crippen molar-refractivity contribution >= 4 is 0 Å². The molecule has 1 aromatic carbocycles. The van der Waals surface area contributed by atoms with Crippen LogP contribution in [0, 0.1) is 22.7 Å². The van der Waals surface area contributed by atoms with Gasteiger partial charge in [-0.05, 0) is 11.6 Å². The van der Waals surface area contributed by atoms with Gasteiger partial charge in [0.15, 0.2) is 0 Å². The lowest BCUT2D eigenvalue weighted by atomic mass is 10.1. The fourth-order valence-electron chi connectivity index (χ4n) is 1.25. The summed E-state index contributed by atoms with van der Waals surface area (Å²) in [6.45, 7) is 0. The highest BCUT2D eigenvalue weighted by molar-refractivity contribution is 5.40. The Balaban J connectivity index is 3.08. The van der Waals surface area contributed by atoms with Crippen LogP contribution in [0.2, 0.25) is 0 Å². The van der Waals surface area contributed by atoms with Gasteiger partial charge in [-0.1, -0.05) is 12.1 Å². The lowest BCUT2D eigenvalue weighted by Gasteiger charge is -2.12. The number of rotatable bonds is 3. The highest BCUT2D eigenvalue weighted by atomic mass is 19.4. The van der Waals surface area contributed by atoms with E-state index >= 15 is 0 Å². The number of nitriles is 2. The van der Waals surface area contributed by atoms with E-state index in [9.17, 15) is 13.2 Å². The molecule has 0 N–H and O–H groups in total. The first-order valence-corrected chi connectivity index (χ1v) is 4.57. The highest BCUT2D eigenvalue weighted by Crippen LogP contribution is 2.28. The minimum Gasteiger partial charge on any atom is -0.405 e. The first kappa shape index (κ1) is 12.9. The number of nitrogens with zero attached hydrogens (tertiary/aromatic N) is 2. The van der Waals surface area contributed by atoms with Crippen LogP contribution in [-0.4, -0.2) is 6.36 Å². The summed E-state index contributed by atoms with van der Waals surface area (Å²) >= 11 is 0. The molecular weight excluding hydrogens is 233 g/mol. The van der Waals surface area contributed by atoms with Gasteiger partial charge >= 0.3 is 6.36 Å². The van der Waals surface area contributed by atoms with Crippen molar-refractivity contribution < 1.29 is 17.9 Å². The van der Waals surface area contributed by atoms with Crippen LogP contribution in [-0.2, 0) is 12.8 Å². The van der Waals surface area contributed by atoms with Crippen molar-refractivity contribution in [2.75, 3.05) is 0 Å². The average molecular weight is 240 g/mol. The molecule has 1 rings (SSSR count). The Morgan fingerprint density at radius 2 is 1.76 bits per heavy atom. The van der Waals surface area contributed by atoms with Gasteiger partial charge in [0.05, 0.1) is 25.0 Å². The minimum absolute atomic E-state index is 0.0128. The van der Waals surface area contributed by atoms with Crippen molar-refractivity contribution in [2.45, 2.75) is 19.2 Å². The smallest absolute Gasteiger partial charge is 0.405 e. The number of alkyl halides is 3. The van der Waals surface area contributed by atoms with Crippen LogP contribution < -0.4 is 4.74 Å². The van der Waals surface area contributed by atoms with Crippen molar-refractivity contribution in [3.63, 3.8) is 0 Å². The normalized spacial score (nSPS) is 10.4. The van der Waals surface area contributed by atoms with E-state index in [0.29, 0.717) is 5.56 Å². The lowest BCUT2D eigenvalue weighted by molar-refractivity contribution is -0.274. The molecule has 0 atom stereocenters. The molecule has 6 heteroatoms. The third-order valence-electron chi connectivity index (χ3n) is 1.91. The molecule has 1 aromatic rings. The summed E-state index contributed by atoms with van der Waals surface area (Å²) in [7, 11) is 0. The Hall–Kier alpha value is -2.21. The molecule has 0 unspecified atom stereocenters. The molecule has 0 spiro atoms. The number of hydrogen-bond acceptors (Lipinski definition) is 3. The van der Waals surface area contributed by atoms with E-state index in [2.05, 4.69) is 4.74 Å². The number of hydrogen-bond donors (Lipinski definition) is 0. The molecule has 0 heterocycles. The second kappa shape index (κ2) is 5.22. The molecule has 0 saturated heterocycles. The molecule has 0 aliphatic heterocycles. The zero-order valence-corrected chi connectivity index (χ0v) is 8.58. The van der Waals surface area contributed by atoms with Gasteiger partial charge in [-0.15, -0.1) is 13.2 Å². The Morgan fingerprint density at radius 3 is 2.29 bits per heavy atom. The third kappa shape index (κ3) is 4.04. The Bertz CT molecular complexity index is 483. The first-order valence-electron chi connectivity index (χ1n) is 4.57. The van der Waals surface area contributed by atoms with Crippen molar-refractivity contribution in [2.24, 2.45) is 0 Å². The molecule has 0 bridgehead atoms. The zero-order chi connectivity index (χ0) is 12.9. The van der Waals surface area contributed by atoms with Crippen LogP contribution in [0.4, 0.5) is 13.2 Å². The molecule has 0 saturated carbocycles. The Morgan fingerprint density at radius 1 is 1.12 bits per heavy atom. The van der Waals surface area contributed by atoms with E-state index < -0.39 is 12.1 Å². The molecular formula is C11H7F3N2O. The van der Waals surface area contributed by atoms with Gasteiger partial charge in [0.1, 0.15) is 5.75 Å². The third-order valence-corrected chi connectivity index (χ3v) is 1.91. The molecule has 0 fully saturated rings. The summed E-state index contributed by atoms with van der Waals surface area (Å²) in [6.07, 6.45) is -5.01. The highest BCUT2D eigenvalue weighted by Gasteiger charge is 2.32.